The smallest absolute Gasteiger partial charge is 0.277 e. The van der Waals surface area contributed by atoms with E-state index in [4.69, 9.17) is 4.42 Å². The highest BCUT2D eigenvalue weighted by Crippen LogP contribution is 2.27. The molecule has 0 aliphatic heterocycles. The Morgan fingerprint density at radius 1 is 1.28 bits per heavy atom. The van der Waals surface area contributed by atoms with E-state index in [1.165, 1.54) is 22.9 Å². The van der Waals surface area contributed by atoms with Crippen LogP contribution in [0.2, 0.25) is 0 Å². The zero-order valence-electron chi connectivity index (χ0n) is 14.3. The number of nitrogens with one attached hydrogen (secondary N) is 1. The second-order valence-corrected chi connectivity index (χ2v) is 8.05. The lowest BCUT2D eigenvalue weighted by molar-refractivity contribution is -0.120. The van der Waals surface area contributed by atoms with E-state index in [0.717, 1.165) is 10.4 Å². The third kappa shape index (κ3) is 4.49. The topological polar surface area (TPSA) is 68.0 Å². The van der Waals surface area contributed by atoms with E-state index in [-0.39, 0.29) is 11.2 Å². The monoisotopic (exact) mass is 373 g/mol. The lowest BCUT2D eigenvalue weighted by Crippen LogP contribution is -2.30. The second kappa shape index (κ2) is 7.84. The molecule has 0 radical (unpaired) electrons. The van der Waals surface area contributed by atoms with E-state index < -0.39 is 0 Å². The Hall–Kier alpha value is -2.12. The number of carbonyl (C=O) groups excluding carboxylic acids is 1. The number of aryl methyl sites for hydroxylation is 2. The Balaban J connectivity index is 1.60. The van der Waals surface area contributed by atoms with Gasteiger partial charge >= 0.3 is 0 Å². The van der Waals surface area contributed by atoms with E-state index >= 15 is 0 Å². The van der Waals surface area contributed by atoms with Gasteiger partial charge < -0.3 is 9.73 Å². The summed E-state index contributed by atoms with van der Waals surface area (Å²) in [4.78, 5) is 13.3. The molecule has 0 bridgehead atoms. The van der Waals surface area contributed by atoms with Crippen LogP contribution in [0.4, 0.5) is 0 Å². The molecule has 0 aliphatic rings. The molecular weight excluding hydrogens is 354 g/mol. The maximum Gasteiger partial charge on any atom is 0.277 e. The Morgan fingerprint density at radius 2 is 2.12 bits per heavy atom. The summed E-state index contributed by atoms with van der Waals surface area (Å²) in [5.41, 5.74) is 3.28. The minimum atomic E-state index is -0.312. The Labute approximate surface area is 154 Å². The molecule has 0 aliphatic carbocycles. The van der Waals surface area contributed by atoms with Crippen molar-refractivity contribution < 1.29 is 9.21 Å². The molecule has 1 amide bonds. The fourth-order valence-electron chi connectivity index (χ4n) is 2.18. The standard InChI is InChI=1S/C18H19N3O2S2/c1-11-6-7-14(9-12(11)2)17-20-21-18(23-17)25-13(3)16(22)19-10-15-5-4-8-24-15/h4-9,13H,10H2,1-3H3,(H,19,22)/t13-/m1/s1. The average Bonchev–Trinajstić information content (AvgIpc) is 3.27. The van der Waals surface area contributed by atoms with Crippen LogP contribution in [-0.2, 0) is 11.3 Å². The first-order valence-electron chi connectivity index (χ1n) is 7.91. The van der Waals surface area contributed by atoms with Crippen LogP contribution < -0.4 is 5.32 Å². The normalized spacial score (nSPS) is 12.1. The molecule has 1 atom stereocenters. The SMILES string of the molecule is Cc1ccc(-c2nnc(S[C@H](C)C(=O)NCc3cccs3)o2)cc1C. The summed E-state index contributed by atoms with van der Waals surface area (Å²) in [5, 5.41) is 13.1. The van der Waals surface area contributed by atoms with Crippen LogP contribution in [0, 0.1) is 13.8 Å². The molecule has 3 rings (SSSR count). The van der Waals surface area contributed by atoms with Crippen LogP contribution in [-0.4, -0.2) is 21.4 Å². The van der Waals surface area contributed by atoms with Crippen molar-refractivity contribution in [2.75, 3.05) is 0 Å². The molecule has 25 heavy (non-hydrogen) atoms. The van der Waals surface area contributed by atoms with E-state index in [9.17, 15) is 4.79 Å². The van der Waals surface area contributed by atoms with Crippen LogP contribution in [0.1, 0.15) is 22.9 Å². The molecule has 7 heteroatoms. The molecule has 130 valence electrons. The molecular formula is C18H19N3O2S2. The summed E-state index contributed by atoms with van der Waals surface area (Å²) in [5.74, 6) is 0.418. The molecule has 0 unspecified atom stereocenters. The molecule has 5 nitrogen and oxygen atoms in total. The minimum Gasteiger partial charge on any atom is -0.411 e. The van der Waals surface area contributed by atoms with Crippen molar-refractivity contribution in [1.82, 2.24) is 15.5 Å². The van der Waals surface area contributed by atoms with Gasteiger partial charge in [-0.2, -0.15) is 0 Å². The quantitative estimate of drug-likeness (QED) is 0.656. The number of nitrogens with zero attached hydrogens (tertiary/aromatic N) is 2. The Bertz CT molecular complexity index is 859. The van der Waals surface area contributed by atoms with Crippen molar-refractivity contribution in [3.8, 4) is 11.5 Å². The number of aromatic nitrogens is 2. The van der Waals surface area contributed by atoms with Gasteiger partial charge in [-0.15, -0.1) is 21.5 Å². The predicted octanol–water partition coefficient (Wildman–Crippen LogP) is 4.21. The van der Waals surface area contributed by atoms with Gasteiger partial charge in [0.1, 0.15) is 0 Å². The van der Waals surface area contributed by atoms with Crippen molar-refractivity contribution in [3.63, 3.8) is 0 Å². The van der Waals surface area contributed by atoms with Crippen molar-refractivity contribution in [2.24, 2.45) is 0 Å². The zero-order chi connectivity index (χ0) is 17.8. The summed E-state index contributed by atoms with van der Waals surface area (Å²) in [7, 11) is 0. The van der Waals surface area contributed by atoms with Gasteiger partial charge in [-0.1, -0.05) is 23.9 Å². The van der Waals surface area contributed by atoms with E-state index in [2.05, 4.69) is 22.4 Å². The van der Waals surface area contributed by atoms with Crippen LogP contribution in [0.15, 0.2) is 45.4 Å². The van der Waals surface area contributed by atoms with Crippen LogP contribution in [0.3, 0.4) is 0 Å². The molecule has 0 saturated heterocycles. The van der Waals surface area contributed by atoms with E-state index in [1.54, 1.807) is 11.3 Å². The lowest BCUT2D eigenvalue weighted by atomic mass is 10.1. The third-order valence-corrected chi connectivity index (χ3v) is 5.63. The van der Waals surface area contributed by atoms with Crippen molar-refractivity contribution >= 4 is 29.0 Å². The Morgan fingerprint density at radius 3 is 2.84 bits per heavy atom. The highest BCUT2D eigenvalue weighted by atomic mass is 32.2. The molecule has 2 aromatic heterocycles. The summed E-state index contributed by atoms with van der Waals surface area (Å²) in [6.45, 7) is 6.48. The predicted molar refractivity (Wildman–Crippen MR) is 101 cm³/mol. The van der Waals surface area contributed by atoms with Gasteiger partial charge in [-0.3, -0.25) is 4.79 Å². The fraction of sp³-hybridized carbons (Fsp3) is 0.278. The first-order valence-corrected chi connectivity index (χ1v) is 9.67. The molecule has 0 saturated carbocycles. The Kier molecular flexibility index (Phi) is 5.55. The van der Waals surface area contributed by atoms with Crippen molar-refractivity contribution in [3.05, 3.63) is 51.7 Å². The molecule has 1 aromatic carbocycles. The number of thiophene rings is 1. The lowest BCUT2D eigenvalue weighted by Gasteiger charge is -2.08. The molecule has 2 heterocycles. The number of amides is 1. The minimum absolute atomic E-state index is 0.0515. The van der Waals surface area contributed by atoms with Crippen molar-refractivity contribution in [2.45, 2.75) is 37.8 Å². The van der Waals surface area contributed by atoms with E-state index in [1.807, 2.05) is 49.6 Å². The first kappa shape index (κ1) is 17.7. The average molecular weight is 374 g/mol. The van der Waals surface area contributed by atoms with Crippen molar-refractivity contribution in [1.29, 1.82) is 0 Å². The maximum atomic E-state index is 12.2. The van der Waals surface area contributed by atoms with Gasteiger partial charge in [-0.25, -0.2) is 0 Å². The number of rotatable bonds is 6. The molecule has 0 spiro atoms. The maximum absolute atomic E-state index is 12.2. The number of hydrogen-bond donors (Lipinski definition) is 1. The molecule has 0 fully saturated rings. The number of hydrogen-bond acceptors (Lipinski definition) is 6. The van der Waals surface area contributed by atoms with Gasteiger partial charge in [0.15, 0.2) is 0 Å². The van der Waals surface area contributed by atoms with Crippen LogP contribution in [0.25, 0.3) is 11.5 Å². The van der Waals surface area contributed by atoms with Gasteiger partial charge in [0.2, 0.25) is 11.8 Å². The molecule has 1 N–H and O–H groups in total. The van der Waals surface area contributed by atoms with Gasteiger partial charge in [0.25, 0.3) is 5.22 Å². The van der Waals surface area contributed by atoms with E-state index in [0.29, 0.717) is 17.7 Å². The highest BCUT2D eigenvalue weighted by Gasteiger charge is 2.18. The van der Waals surface area contributed by atoms with Gasteiger partial charge in [0, 0.05) is 10.4 Å². The van der Waals surface area contributed by atoms with Gasteiger partial charge in [0.05, 0.1) is 11.8 Å². The van der Waals surface area contributed by atoms with Gasteiger partial charge in [-0.05, 0) is 55.5 Å². The largest absolute Gasteiger partial charge is 0.411 e. The second-order valence-electron chi connectivity index (χ2n) is 5.73. The third-order valence-electron chi connectivity index (χ3n) is 3.82. The summed E-state index contributed by atoms with van der Waals surface area (Å²) < 4.78 is 5.70. The first-order chi connectivity index (χ1) is 12.0. The number of benzene rings is 1. The number of thioether (sulfide) groups is 1. The highest BCUT2D eigenvalue weighted by molar-refractivity contribution is 8.00. The summed E-state index contributed by atoms with van der Waals surface area (Å²) in [6.07, 6.45) is 0. The zero-order valence-corrected chi connectivity index (χ0v) is 15.9. The van der Waals surface area contributed by atoms with Crippen LogP contribution in [0.5, 0.6) is 0 Å². The van der Waals surface area contributed by atoms with Crippen LogP contribution >= 0.6 is 23.1 Å². The molecule has 3 aromatic rings. The number of carbonyl (C=O) groups is 1. The summed E-state index contributed by atoms with van der Waals surface area (Å²) in [6, 6.07) is 9.98. The summed E-state index contributed by atoms with van der Waals surface area (Å²) >= 11 is 2.88. The fourth-order valence-corrected chi connectivity index (χ4v) is 3.54.